The average Bonchev–Trinajstić information content (AvgIpc) is 2.51. The Morgan fingerprint density at radius 3 is 2.45 bits per heavy atom. The van der Waals surface area contributed by atoms with E-state index < -0.39 is 5.97 Å². The van der Waals surface area contributed by atoms with Crippen LogP contribution in [0.3, 0.4) is 0 Å². The monoisotopic (exact) mass is 317 g/mol. The molecule has 0 aromatic heterocycles. The van der Waals surface area contributed by atoms with Gasteiger partial charge in [-0.15, -0.1) is 0 Å². The molecule has 114 valence electrons. The van der Waals surface area contributed by atoms with Gasteiger partial charge in [0.2, 0.25) is 5.91 Å². The second-order valence-corrected chi connectivity index (χ2v) is 5.25. The molecule has 5 heteroatoms. The average molecular weight is 318 g/mol. The van der Waals surface area contributed by atoms with E-state index in [9.17, 15) is 9.59 Å². The maximum absolute atomic E-state index is 12.0. The molecule has 0 heterocycles. The molecule has 0 spiro atoms. The Bertz CT molecular complexity index is 668. The third kappa shape index (κ3) is 4.90. The number of ether oxygens (including phenoxy) is 1. The van der Waals surface area contributed by atoms with Gasteiger partial charge in [0.05, 0.1) is 5.56 Å². The van der Waals surface area contributed by atoms with Crippen LogP contribution < -0.4 is 5.32 Å². The minimum Gasteiger partial charge on any atom is -0.457 e. The second kappa shape index (κ2) is 7.61. The van der Waals surface area contributed by atoms with Crippen LogP contribution in [0.15, 0.2) is 48.5 Å². The SMILES string of the molecule is CC(=O)NCc1ccc(C(=O)OCc2cccc(Cl)c2)cc1. The fourth-order valence-electron chi connectivity index (χ4n) is 1.84. The Morgan fingerprint density at radius 2 is 1.82 bits per heavy atom. The van der Waals surface area contributed by atoms with Crippen LogP contribution in [0.25, 0.3) is 0 Å². The van der Waals surface area contributed by atoms with E-state index in [1.165, 1.54) is 6.92 Å². The van der Waals surface area contributed by atoms with E-state index in [0.29, 0.717) is 17.1 Å². The first-order valence-corrected chi connectivity index (χ1v) is 7.17. The third-order valence-corrected chi connectivity index (χ3v) is 3.23. The van der Waals surface area contributed by atoms with Gasteiger partial charge in [-0.3, -0.25) is 4.79 Å². The van der Waals surface area contributed by atoms with Crippen molar-refractivity contribution in [3.05, 3.63) is 70.2 Å². The minimum absolute atomic E-state index is 0.0926. The van der Waals surface area contributed by atoms with Gasteiger partial charge < -0.3 is 10.1 Å². The molecule has 22 heavy (non-hydrogen) atoms. The van der Waals surface area contributed by atoms with Crippen molar-refractivity contribution in [2.75, 3.05) is 0 Å². The van der Waals surface area contributed by atoms with Crippen LogP contribution in [0.5, 0.6) is 0 Å². The highest BCUT2D eigenvalue weighted by molar-refractivity contribution is 6.30. The molecule has 0 aliphatic rings. The molecular weight excluding hydrogens is 302 g/mol. The van der Waals surface area contributed by atoms with Crippen LogP contribution in [-0.2, 0) is 22.7 Å². The Hall–Kier alpha value is -2.33. The fourth-order valence-corrected chi connectivity index (χ4v) is 2.06. The number of nitrogens with one attached hydrogen (secondary N) is 1. The first-order valence-electron chi connectivity index (χ1n) is 6.79. The van der Waals surface area contributed by atoms with Gasteiger partial charge >= 0.3 is 5.97 Å². The van der Waals surface area contributed by atoms with Crippen molar-refractivity contribution in [1.82, 2.24) is 5.32 Å². The number of hydrogen-bond acceptors (Lipinski definition) is 3. The fraction of sp³-hybridized carbons (Fsp3) is 0.176. The molecule has 0 fully saturated rings. The van der Waals surface area contributed by atoms with Gasteiger partial charge in [0, 0.05) is 18.5 Å². The molecule has 2 aromatic rings. The maximum Gasteiger partial charge on any atom is 0.338 e. The summed E-state index contributed by atoms with van der Waals surface area (Å²) >= 11 is 5.88. The van der Waals surface area contributed by atoms with Crippen LogP contribution in [0, 0.1) is 0 Å². The van der Waals surface area contributed by atoms with Gasteiger partial charge in [0.1, 0.15) is 6.61 Å². The summed E-state index contributed by atoms with van der Waals surface area (Å²) in [5, 5.41) is 3.30. The normalized spacial score (nSPS) is 10.1. The highest BCUT2D eigenvalue weighted by Gasteiger charge is 2.07. The largest absolute Gasteiger partial charge is 0.457 e. The zero-order valence-corrected chi connectivity index (χ0v) is 12.9. The Kier molecular flexibility index (Phi) is 5.55. The van der Waals surface area contributed by atoms with E-state index in [2.05, 4.69) is 5.32 Å². The Balaban J connectivity index is 1.91. The molecule has 1 amide bonds. The number of carbonyl (C=O) groups excluding carboxylic acids is 2. The highest BCUT2D eigenvalue weighted by Crippen LogP contribution is 2.13. The topological polar surface area (TPSA) is 55.4 Å². The van der Waals surface area contributed by atoms with Crippen molar-refractivity contribution in [3.63, 3.8) is 0 Å². The zero-order valence-electron chi connectivity index (χ0n) is 12.1. The summed E-state index contributed by atoms with van der Waals surface area (Å²) in [6.45, 7) is 2.07. The molecule has 0 aliphatic carbocycles. The Morgan fingerprint density at radius 1 is 1.09 bits per heavy atom. The van der Waals surface area contributed by atoms with Crippen LogP contribution in [0.1, 0.15) is 28.4 Å². The number of hydrogen-bond donors (Lipinski definition) is 1. The summed E-state index contributed by atoms with van der Waals surface area (Å²) in [7, 11) is 0. The number of carbonyl (C=O) groups is 2. The van der Waals surface area contributed by atoms with Crippen LogP contribution in [0.2, 0.25) is 5.02 Å². The molecule has 4 nitrogen and oxygen atoms in total. The zero-order chi connectivity index (χ0) is 15.9. The van der Waals surface area contributed by atoms with E-state index in [1.54, 1.807) is 36.4 Å². The van der Waals surface area contributed by atoms with Crippen molar-refractivity contribution < 1.29 is 14.3 Å². The third-order valence-electron chi connectivity index (χ3n) is 2.99. The lowest BCUT2D eigenvalue weighted by Crippen LogP contribution is -2.18. The van der Waals surface area contributed by atoms with E-state index in [0.717, 1.165) is 11.1 Å². The molecule has 0 bridgehead atoms. The van der Waals surface area contributed by atoms with Gasteiger partial charge in [-0.2, -0.15) is 0 Å². The van der Waals surface area contributed by atoms with Crippen LogP contribution >= 0.6 is 11.6 Å². The van der Waals surface area contributed by atoms with E-state index >= 15 is 0 Å². The van der Waals surface area contributed by atoms with Gasteiger partial charge in [-0.25, -0.2) is 4.79 Å². The van der Waals surface area contributed by atoms with Crippen LogP contribution in [0.4, 0.5) is 0 Å². The molecule has 2 rings (SSSR count). The number of esters is 1. The first-order chi connectivity index (χ1) is 10.5. The van der Waals surface area contributed by atoms with Crippen molar-refractivity contribution in [2.45, 2.75) is 20.1 Å². The van der Waals surface area contributed by atoms with Gasteiger partial charge in [-0.05, 0) is 35.4 Å². The summed E-state index contributed by atoms with van der Waals surface area (Å²) < 4.78 is 5.24. The van der Waals surface area contributed by atoms with E-state index in [-0.39, 0.29) is 12.5 Å². The van der Waals surface area contributed by atoms with Crippen molar-refractivity contribution in [1.29, 1.82) is 0 Å². The Labute approximate surface area is 134 Å². The van der Waals surface area contributed by atoms with E-state index in [1.807, 2.05) is 12.1 Å². The van der Waals surface area contributed by atoms with Crippen molar-refractivity contribution >= 4 is 23.5 Å². The second-order valence-electron chi connectivity index (χ2n) is 4.81. The molecule has 0 aliphatic heterocycles. The summed E-state index contributed by atoms with van der Waals surface area (Å²) in [6.07, 6.45) is 0. The summed E-state index contributed by atoms with van der Waals surface area (Å²) in [4.78, 5) is 22.8. The molecule has 0 saturated heterocycles. The minimum atomic E-state index is -0.397. The lowest BCUT2D eigenvalue weighted by Gasteiger charge is -2.07. The number of benzene rings is 2. The molecular formula is C17H16ClNO3. The van der Waals surface area contributed by atoms with Crippen molar-refractivity contribution in [2.24, 2.45) is 0 Å². The summed E-state index contributed by atoms with van der Waals surface area (Å²) in [6, 6.07) is 14.1. The lowest BCUT2D eigenvalue weighted by atomic mass is 10.1. The van der Waals surface area contributed by atoms with Crippen LogP contribution in [-0.4, -0.2) is 11.9 Å². The molecule has 0 saturated carbocycles. The maximum atomic E-state index is 12.0. The lowest BCUT2D eigenvalue weighted by molar-refractivity contribution is -0.119. The van der Waals surface area contributed by atoms with Gasteiger partial charge in [0.25, 0.3) is 0 Å². The molecule has 1 N–H and O–H groups in total. The van der Waals surface area contributed by atoms with Gasteiger partial charge in [0.15, 0.2) is 0 Å². The molecule has 0 radical (unpaired) electrons. The smallest absolute Gasteiger partial charge is 0.338 e. The van der Waals surface area contributed by atoms with Crippen molar-refractivity contribution in [3.8, 4) is 0 Å². The standard InChI is InChI=1S/C17H16ClNO3/c1-12(20)19-10-13-5-7-15(8-6-13)17(21)22-11-14-3-2-4-16(18)9-14/h2-9H,10-11H2,1H3,(H,19,20). The number of amides is 1. The quantitative estimate of drug-likeness (QED) is 0.861. The van der Waals surface area contributed by atoms with E-state index in [4.69, 9.17) is 16.3 Å². The molecule has 0 atom stereocenters. The first kappa shape index (κ1) is 16.0. The molecule has 0 unspecified atom stereocenters. The summed E-state index contributed by atoms with van der Waals surface area (Å²) in [5.74, 6) is -0.490. The highest BCUT2D eigenvalue weighted by atomic mass is 35.5. The molecule has 2 aromatic carbocycles. The number of rotatable bonds is 5. The van der Waals surface area contributed by atoms with Gasteiger partial charge in [-0.1, -0.05) is 35.9 Å². The predicted octanol–water partition coefficient (Wildman–Crippen LogP) is 3.33. The predicted molar refractivity (Wildman–Crippen MR) is 84.5 cm³/mol. The summed E-state index contributed by atoms with van der Waals surface area (Å²) in [5.41, 5.74) is 2.22. The number of halogens is 1.